The summed E-state index contributed by atoms with van der Waals surface area (Å²) in [4.78, 5) is 0. The molecule has 4 nitrogen and oxygen atoms in total. The van der Waals surface area contributed by atoms with E-state index in [0.717, 1.165) is 23.2 Å². The van der Waals surface area contributed by atoms with E-state index in [1.54, 1.807) is 0 Å². The SMILES string of the molecule is CC(C)CCCCS(=O)(=O)[O-].CC(C)CCC[N+](C)(C)C. The number of hydrogen-bond acceptors (Lipinski definition) is 3. The molecule has 0 aliphatic heterocycles. The van der Waals surface area contributed by atoms with Crippen LogP contribution in [0, 0.1) is 11.8 Å². The van der Waals surface area contributed by atoms with E-state index in [0.29, 0.717) is 12.3 Å². The quantitative estimate of drug-likeness (QED) is 0.371. The lowest BCUT2D eigenvalue weighted by Crippen LogP contribution is -2.35. The lowest BCUT2D eigenvalue weighted by molar-refractivity contribution is -0.870. The van der Waals surface area contributed by atoms with Gasteiger partial charge in [-0.3, -0.25) is 0 Å². The average Bonchev–Trinajstić information content (AvgIpc) is 2.21. The van der Waals surface area contributed by atoms with Crippen LogP contribution in [0.1, 0.15) is 59.8 Å². The Bertz CT molecular complexity index is 330. The van der Waals surface area contributed by atoms with Crippen LogP contribution in [0.3, 0.4) is 0 Å². The first-order chi connectivity index (χ1) is 9.33. The molecule has 0 aliphatic carbocycles. The Labute approximate surface area is 133 Å². The standard InChI is InChI=1S/C9H22N.C7H16O3S/c1-9(2)7-6-8-10(3,4)5;1-7(2)5-3-4-6-11(8,9)10/h9H,6-8H2,1-5H3;7H,3-6H2,1-2H3,(H,8,9,10)/q+1;/p-1. The van der Waals surface area contributed by atoms with E-state index in [1.807, 2.05) is 0 Å². The Balaban J connectivity index is 0. The fraction of sp³-hybridized carbons (Fsp3) is 1.00. The fourth-order valence-corrected chi connectivity index (χ4v) is 2.36. The molecule has 0 aromatic rings. The van der Waals surface area contributed by atoms with E-state index in [1.165, 1.54) is 19.4 Å². The Hall–Kier alpha value is -0.130. The molecule has 0 atom stereocenters. The molecule has 0 saturated carbocycles. The molecule has 0 fully saturated rings. The minimum atomic E-state index is -3.97. The molecule has 130 valence electrons. The molecule has 0 spiro atoms. The van der Waals surface area contributed by atoms with Gasteiger partial charge in [0.1, 0.15) is 0 Å². The molecule has 0 aromatic carbocycles. The van der Waals surface area contributed by atoms with E-state index >= 15 is 0 Å². The number of unbranched alkanes of at least 4 members (excludes halogenated alkanes) is 1. The summed E-state index contributed by atoms with van der Waals surface area (Å²) in [6, 6.07) is 0. The van der Waals surface area contributed by atoms with Gasteiger partial charge >= 0.3 is 0 Å². The summed E-state index contributed by atoms with van der Waals surface area (Å²) in [6.45, 7) is 10.0. The Morgan fingerprint density at radius 1 is 0.857 bits per heavy atom. The maximum atomic E-state index is 10.1. The molecular formula is C16H37NO3S. The molecule has 0 heterocycles. The summed E-state index contributed by atoms with van der Waals surface area (Å²) >= 11 is 0. The molecular weight excluding hydrogens is 286 g/mol. The summed E-state index contributed by atoms with van der Waals surface area (Å²) < 4.78 is 31.5. The van der Waals surface area contributed by atoms with Gasteiger partial charge in [0.15, 0.2) is 0 Å². The molecule has 21 heavy (non-hydrogen) atoms. The van der Waals surface area contributed by atoms with Gasteiger partial charge in [0.25, 0.3) is 0 Å². The lowest BCUT2D eigenvalue weighted by atomic mass is 10.1. The van der Waals surface area contributed by atoms with Gasteiger partial charge in [-0.15, -0.1) is 0 Å². The molecule has 0 aromatic heterocycles. The first-order valence-electron chi connectivity index (χ1n) is 8.07. The smallest absolute Gasteiger partial charge is 0.0945 e. The Morgan fingerprint density at radius 2 is 1.29 bits per heavy atom. The summed E-state index contributed by atoms with van der Waals surface area (Å²) in [7, 11) is 2.78. The predicted octanol–water partition coefficient (Wildman–Crippen LogP) is 3.49. The molecule has 0 aliphatic rings. The van der Waals surface area contributed by atoms with Gasteiger partial charge in [0.05, 0.1) is 37.8 Å². The minimum absolute atomic E-state index is 0.209. The summed E-state index contributed by atoms with van der Waals surface area (Å²) in [6.07, 6.45) is 5.06. The van der Waals surface area contributed by atoms with Crippen LogP contribution < -0.4 is 0 Å². The molecule has 0 radical (unpaired) electrons. The van der Waals surface area contributed by atoms with Crippen molar-refractivity contribution in [2.24, 2.45) is 11.8 Å². The van der Waals surface area contributed by atoms with Gasteiger partial charge in [-0.1, -0.05) is 40.5 Å². The summed E-state index contributed by atoms with van der Waals surface area (Å²) in [5.41, 5.74) is 0. The van der Waals surface area contributed by atoms with Crippen LogP contribution in [0.15, 0.2) is 0 Å². The van der Waals surface area contributed by atoms with Gasteiger partial charge in [0, 0.05) is 5.75 Å². The zero-order valence-electron chi connectivity index (χ0n) is 15.2. The predicted molar refractivity (Wildman–Crippen MR) is 90.2 cm³/mol. The van der Waals surface area contributed by atoms with Crippen LogP contribution in [0.25, 0.3) is 0 Å². The third kappa shape index (κ3) is 28.7. The Morgan fingerprint density at radius 3 is 1.62 bits per heavy atom. The number of nitrogens with zero attached hydrogens (tertiary/aromatic N) is 1. The normalized spacial score (nSPS) is 12.5. The van der Waals surface area contributed by atoms with Crippen LogP contribution in [-0.2, 0) is 10.1 Å². The second kappa shape index (κ2) is 11.4. The van der Waals surface area contributed by atoms with Crippen molar-refractivity contribution >= 4 is 10.1 Å². The maximum absolute atomic E-state index is 10.1. The van der Waals surface area contributed by atoms with Gasteiger partial charge in [-0.05, 0) is 31.1 Å². The van der Waals surface area contributed by atoms with Crippen molar-refractivity contribution in [3.63, 3.8) is 0 Å². The van der Waals surface area contributed by atoms with E-state index in [9.17, 15) is 13.0 Å². The van der Waals surface area contributed by atoms with Crippen LogP contribution in [-0.4, -0.2) is 50.9 Å². The third-order valence-corrected chi connectivity index (χ3v) is 3.82. The average molecular weight is 324 g/mol. The summed E-state index contributed by atoms with van der Waals surface area (Å²) in [5, 5.41) is 0. The van der Waals surface area contributed by atoms with Crippen molar-refractivity contribution < 1.29 is 17.5 Å². The molecule has 0 amide bonds. The highest BCUT2D eigenvalue weighted by Crippen LogP contribution is 2.06. The second-order valence-electron chi connectivity index (χ2n) is 7.70. The highest BCUT2D eigenvalue weighted by molar-refractivity contribution is 7.85. The monoisotopic (exact) mass is 323 g/mol. The molecule has 0 saturated heterocycles. The molecule has 0 rings (SSSR count). The molecule has 0 unspecified atom stereocenters. The van der Waals surface area contributed by atoms with E-state index < -0.39 is 10.1 Å². The van der Waals surface area contributed by atoms with E-state index in [-0.39, 0.29) is 5.75 Å². The summed E-state index contributed by atoms with van der Waals surface area (Å²) in [5.74, 6) is 1.25. The van der Waals surface area contributed by atoms with Crippen molar-refractivity contribution in [2.45, 2.75) is 59.8 Å². The minimum Gasteiger partial charge on any atom is -0.748 e. The van der Waals surface area contributed by atoms with Gasteiger partial charge in [-0.25, -0.2) is 8.42 Å². The van der Waals surface area contributed by atoms with Crippen LogP contribution in [0.5, 0.6) is 0 Å². The number of hydrogen-bond donors (Lipinski definition) is 0. The molecule has 0 bridgehead atoms. The molecule has 0 N–H and O–H groups in total. The number of quaternary nitrogens is 1. The third-order valence-electron chi connectivity index (χ3n) is 3.04. The van der Waals surface area contributed by atoms with Crippen molar-refractivity contribution in [1.29, 1.82) is 0 Å². The molecule has 5 heteroatoms. The fourth-order valence-electron chi connectivity index (χ4n) is 1.81. The van der Waals surface area contributed by atoms with Crippen molar-refractivity contribution in [3.05, 3.63) is 0 Å². The zero-order chi connectivity index (χ0) is 17.1. The highest BCUT2D eigenvalue weighted by Gasteiger charge is 2.05. The maximum Gasteiger partial charge on any atom is 0.0945 e. The topological polar surface area (TPSA) is 57.2 Å². The first-order valence-corrected chi connectivity index (χ1v) is 9.65. The zero-order valence-corrected chi connectivity index (χ0v) is 16.0. The first kappa shape index (κ1) is 23.1. The van der Waals surface area contributed by atoms with Crippen molar-refractivity contribution in [3.8, 4) is 0 Å². The van der Waals surface area contributed by atoms with E-state index in [4.69, 9.17) is 0 Å². The lowest BCUT2D eigenvalue weighted by Gasteiger charge is -2.24. The second-order valence-corrected chi connectivity index (χ2v) is 9.23. The van der Waals surface area contributed by atoms with Crippen LogP contribution in [0.4, 0.5) is 0 Å². The highest BCUT2D eigenvalue weighted by atomic mass is 32.2. The van der Waals surface area contributed by atoms with Crippen molar-refractivity contribution in [2.75, 3.05) is 33.4 Å². The largest absolute Gasteiger partial charge is 0.748 e. The van der Waals surface area contributed by atoms with Gasteiger partial charge in [-0.2, -0.15) is 0 Å². The Kier molecular flexibility index (Phi) is 12.6. The van der Waals surface area contributed by atoms with E-state index in [2.05, 4.69) is 48.8 Å². The van der Waals surface area contributed by atoms with Crippen LogP contribution in [0.2, 0.25) is 0 Å². The van der Waals surface area contributed by atoms with Gasteiger partial charge < -0.3 is 9.04 Å². The number of rotatable bonds is 9. The van der Waals surface area contributed by atoms with Crippen LogP contribution >= 0.6 is 0 Å². The van der Waals surface area contributed by atoms with Crippen molar-refractivity contribution in [1.82, 2.24) is 0 Å². The van der Waals surface area contributed by atoms with Gasteiger partial charge in [0.2, 0.25) is 0 Å².